The van der Waals surface area contributed by atoms with Crippen LogP contribution in [0, 0.1) is 0 Å². The zero-order chi connectivity index (χ0) is 29.3. The van der Waals surface area contributed by atoms with E-state index < -0.39 is 0 Å². The van der Waals surface area contributed by atoms with E-state index in [9.17, 15) is 0 Å². The number of anilines is 3. The zero-order valence-corrected chi connectivity index (χ0v) is 24.5. The Morgan fingerprint density at radius 2 is 1.30 bits per heavy atom. The Morgan fingerprint density at radius 3 is 2.05 bits per heavy atom. The molecule has 214 valence electrons. The lowest BCUT2D eigenvalue weighted by Gasteiger charge is -2.29. The first kappa shape index (κ1) is 26.4. The maximum Gasteiger partial charge on any atom is 0.161 e. The number of benzene rings is 5. The molecule has 5 heteroatoms. The van der Waals surface area contributed by atoms with E-state index in [0.29, 0.717) is 6.04 Å². The van der Waals surface area contributed by atoms with Crippen LogP contribution in [0.1, 0.15) is 18.9 Å². The molecule has 8 rings (SSSR count). The molecule has 1 saturated heterocycles. The Bertz CT molecular complexity index is 2020. The van der Waals surface area contributed by atoms with Crippen LogP contribution in [0.15, 0.2) is 140 Å². The molecule has 0 saturated carbocycles. The van der Waals surface area contributed by atoms with E-state index in [0.717, 1.165) is 76.7 Å². The molecule has 0 atom stereocenters. The standard InChI is InChI=1S/C39H33N5/c1-3-13-31(14-4-1)43(32-15-5-2-6-16-32)36-18-10-9-17-35(36)38-42-37-34(30-20-19-28-11-7-8-12-29(28)27-30)23-26-41-39(37)44(38)33-21-24-40-25-22-33/h1-20,23,26-27,33,40H,21-22,24-25H2. The first-order valence-corrected chi connectivity index (χ1v) is 15.4. The van der Waals surface area contributed by atoms with Crippen molar-refractivity contribution in [2.75, 3.05) is 18.0 Å². The maximum absolute atomic E-state index is 5.50. The Morgan fingerprint density at radius 1 is 0.636 bits per heavy atom. The molecule has 0 radical (unpaired) electrons. The number of rotatable bonds is 6. The fourth-order valence-corrected chi connectivity index (χ4v) is 6.62. The Kier molecular flexibility index (Phi) is 6.86. The summed E-state index contributed by atoms with van der Waals surface area (Å²) in [5.41, 5.74) is 8.52. The molecule has 0 aliphatic carbocycles. The van der Waals surface area contributed by atoms with Gasteiger partial charge in [0.1, 0.15) is 11.3 Å². The van der Waals surface area contributed by atoms with Crippen LogP contribution in [0.25, 0.3) is 44.5 Å². The molecular weight excluding hydrogens is 538 g/mol. The normalized spacial score (nSPS) is 13.8. The highest BCUT2D eigenvalue weighted by Crippen LogP contribution is 2.43. The van der Waals surface area contributed by atoms with Crippen LogP contribution in [0.3, 0.4) is 0 Å². The average Bonchev–Trinajstić information content (AvgIpc) is 3.49. The van der Waals surface area contributed by atoms with Gasteiger partial charge in [-0.15, -0.1) is 0 Å². The number of hydrogen-bond donors (Lipinski definition) is 1. The van der Waals surface area contributed by atoms with E-state index in [1.807, 2.05) is 6.20 Å². The summed E-state index contributed by atoms with van der Waals surface area (Å²) in [6, 6.07) is 47.4. The zero-order valence-electron chi connectivity index (χ0n) is 24.5. The summed E-state index contributed by atoms with van der Waals surface area (Å²) in [4.78, 5) is 12.8. The van der Waals surface area contributed by atoms with E-state index in [2.05, 4.69) is 148 Å². The van der Waals surface area contributed by atoms with Gasteiger partial charge in [-0.3, -0.25) is 0 Å². The van der Waals surface area contributed by atoms with Crippen molar-refractivity contribution in [2.45, 2.75) is 18.9 Å². The molecule has 1 aliphatic heterocycles. The second-order valence-corrected chi connectivity index (χ2v) is 11.4. The van der Waals surface area contributed by atoms with Gasteiger partial charge in [0, 0.05) is 34.7 Å². The molecule has 5 aromatic carbocycles. The minimum absolute atomic E-state index is 0.297. The number of para-hydroxylation sites is 3. The molecule has 1 N–H and O–H groups in total. The van der Waals surface area contributed by atoms with Crippen molar-refractivity contribution >= 4 is 39.0 Å². The highest BCUT2D eigenvalue weighted by atomic mass is 15.2. The summed E-state index contributed by atoms with van der Waals surface area (Å²) in [5, 5.41) is 6.00. The summed E-state index contributed by atoms with van der Waals surface area (Å²) in [5.74, 6) is 0.958. The van der Waals surface area contributed by atoms with Crippen LogP contribution in [-0.2, 0) is 0 Å². The molecule has 0 bridgehead atoms. The molecule has 5 nitrogen and oxygen atoms in total. The molecular formula is C39H33N5. The molecule has 2 aromatic heterocycles. The first-order valence-electron chi connectivity index (χ1n) is 15.4. The van der Waals surface area contributed by atoms with Gasteiger partial charge < -0.3 is 14.8 Å². The van der Waals surface area contributed by atoms with Gasteiger partial charge in [-0.1, -0.05) is 84.9 Å². The van der Waals surface area contributed by atoms with Crippen molar-refractivity contribution in [3.63, 3.8) is 0 Å². The molecule has 0 unspecified atom stereocenters. The van der Waals surface area contributed by atoms with Crippen molar-refractivity contribution in [2.24, 2.45) is 0 Å². The highest BCUT2D eigenvalue weighted by Gasteiger charge is 2.27. The number of piperidine rings is 1. The van der Waals surface area contributed by atoms with Gasteiger partial charge in [0.15, 0.2) is 5.65 Å². The van der Waals surface area contributed by atoms with E-state index in [-0.39, 0.29) is 0 Å². The van der Waals surface area contributed by atoms with Gasteiger partial charge in [0.25, 0.3) is 0 Å². The molecule has 7 aromatic rings. The third-order valence-corrected chi connectivity index (χ3v) is 8.73. The summed E-state index contributed by atoms with van der Waals surface area (Å²) in [6.07, 6.45) is 4.01. The van der Waals surface area contributed by atoms with Crippen molar-refractivity contribution in [3.8, 4) is 22.5 Å². The maximum atomic E-state index is 5.50. The highest BCUT2D eigenvalue weighted by molar-refractivity contribution is 5.97. The number of nitrogens with zero attached hydrogens (tertiary/aromatic N) is 4. The van der Waals surface area contributed by atoms with E-state index in [1.54, 1.807) is 0 Å². The van der Waals surface area contributed by atoms with Crippen molar-refractivity contribution < 1.29 is 0 Å². The lowest BCUT2D eigenvalue weighted by Crippen LogP contribution is -2.29. The topological polar surface area (TPSA) is 46.0 Å². The third kappa shape index (κ3) is 4.72. The van der Waals surface area contributed by atoms with Gasteiger partial charge in [-0.2, -0.15) is 0 Å². The van der Waals surface area contributed by atoms with Crippen LogP contribution >= 0.6 is 0 Å². The van der Waals surface area contributed by atoms with Crippen molar-refractivity contribution in [1.82, 2.24) is 19.9 Å². The number of fused-ring (bicyclic) bond motifs is 2. The van der Waals surface area contributed by atoms with E-state index in [1.165, 1.54) is 10.8 Å². The molecule has 1 fully saturated rings. The summed E-state index contributed by atoms with van der Waals surface area (Å²) in [6.45, 7) is 1.96. The smallest absolute Gasteiger partial charge is 0.161 e. The van der Waals surface area contributed by atoms with Gasteiger partial charge >= 0.3 is 0 Å². The number of pyridine rings is 1. The van der Waals surface area contributed by atoms with Crippen molar-refractivity contribution in [1.29, 1.82) is 0 Å². The third-order valence-electron chi connectivity index (χ3n) is 8.73. The Hall–Kier alpha value is -5.26. The monoisotopic (exact) mass is 571 g/mol. The second-order valence-electron chi connectivity index (χ2n) is 11.4. The number of aromatic nitrogens is 3. The number of imidazole rings is 1. The second kappa shape index (κ2) is 11.4. The van der Waals surface area contributed by atoms with Crippen LogP contribution in [-0.4, -0.2) is 27.6 Å². The lowest BCUT2D eigenvalue weighted by molar-refractivity contribution is 0.376. The summed E-state index contributed by atoms with van der Waals surface area (Å²) < 4.78 is 2.42. The number of nitrogens with one attached hydrogen (secondary N) is 1. The fraction of sp³-hybridized carbons (Fsp3) is 0.128. The largest absolute Gasteiger partial charge is 0.317 e. The minimum atomic E-state index is 0.297. The Balaban J connectivity index is 1.37. The molecule has 1 aliphatic rings. The van der Waals surface area contributed by atoms with Gasteiger partial charge in [0.05, 0.1) is 5.69 Å². The summed E-state index contributed by atoms with van der Waals surface area (Å²) in [7, 11) is 0. The van der Waals surface area contributed by atoms with Gasteiger partial charge in [0.2, 0.25) is 0 Å². The predicted octanol–water partition coefficient (Wildman–Crippen LogP) is 9.31. The lowest BCUT2D eigenvalue weighted by atomic mass is 10.0. The molecule has 44 heavy (non-hydrogen) atoms. The van der Waals surface area contributed by atoms with Crippen LogP contribution in [0.4, 0.5) is 17.1 Å². The fourth-order valence-electron chi connectivity index (χ4n) is 6.62. The van der Waals surface area contributed by atoms with Crippen LogP contribution in [0.5, 0.6) is 0 Å². The predicted molar refractivity (Wildman–Crippen MR) is 182 cm³/mol. The van der Waals surface area contributed by atoms with Gasteiger partial charge in [-0.25, -0.2) is 9.97 Å². The Labute approximate surface area is 257 Å². The molecule has 3 heterocycles. The van der Waals surface area contributed by atoms with Gasteiger partial charge in [-0.05, 0) is 90.8 Å². The quantitative estimate of drug-likeness (QED) is 0.216. The van der Waals surface area contributed by atoms with E-state index >= 15 is 0 Å². The van der Waals surface area contributed by atoms with Crippen molar-refractivity contribution in [3.05, 3.63) is 140 Å². The summed E-state index contributed by atoms with van der Waals surface area (Å²) >= 11 is 0. The minimum Gasteiger partial charge on any atom is -0.317 e. The van der Waals surface area contributed by atoms with E-state index in [4.69, 9.17) is 9.97 Å². The molecule has 0 amide bonds. The molecule has 0 spiro atoms. The average molecular weight is 572 g/mol. The van der Waals surface area contributed by atoms with Crippen LogP contribution < -0.4 is 10.2 Å². The van der Waals surface area contributed by atoms with Crippen LogP contribution in [0.2, 0.25) is 0 Å². The SMILES string of the molecule is c1ccc(N(c2ccccc2)c2ccccc2-c2nc3c(-c4ccc5ccccc5c4)ccnc3n2C2CCNCC2)cc1. The number of hydrogen-bond acceptors (Lipinski definition) is 4. The first-order chi connectivity index (χ1) is 21.8.